The van der Waals surface area contributed by atoms with Gasteiger partial charge in [0.05, 0.1) is 23.4 Å². The van der Waals surface area contributed by atoms with E-state index < -0.39 is 0 Å². The summed E-state index contributed by atoms with van der Waals surface area (Å²) in [6, 6.07) is 1.99. The highest BCUT2D eigenvalue weighted by molar-refractivity contribution is 5.78. The Kier molecular flexibility index (Phi) is 4.89. The molecular weight excluding hydrogens is 360 g/mol. The van der Waals surface area contributed by atoms with Crippen molar-refractivity contribution in [2.75, 3.05) is 13.1 Å². The Labute approximate surface area is 162 Å². The second-order valence-electron chi connectivity index (χ2n) is 7.27. The maximum Gasteiger partial charge on any atom is 0.228 e. The van der Waals surface area contributed by atoms with Crippen molar-refractivity contribution in [1.29, 1.82) is 0 Å². The molecule has 0 N–H and O–H groups in total. The summed E-state index contributed by atoms with van der Waals surface area (Å²) in [5.74, 6) is 1.17. The fraction of sp³-hybridized carbons (Fsp3) is 0.474. The van der Waals surface area contributed by atoms with Crippen LogP contribution in [0, 0.1) is 26.7 Å². The van der Waals surface area contributed by atoms with E-state index in [1.807, 2.05) is 24.8 Å². The summed E-state index contributed by atoms with van der Waals surface area (Å²) >= 11 is 0. The highest BCUT2D eigenvalue weighted by Crippen LogP contribution is 2.27. The number of hydrogen-bond acceptors (Lipinski definition) is 8. The summed E-state index contributed by atoms with van der Waals surface area (Å²) in [7, 11) is 0. The predicted octanol–water partition coefficient (Wildman–Crippen LogP) is 2.07. The van der Waals surface area contributed by atoms with Crippen molar-refractivity contribution in [3.05, 3.63) is 40.9 Å². The van der Waals surface area contributed by atoms with Crippen LogP contribution in [0.15, 0.2) is 21.5 Å². The van der Waals surface area contributed by atoms with E-state index in [-0.39, 0.29) is 12.3 Å². The van der Waals surface area contributed by atoms with Crippen LogP contribution >= 0.6 is 0 Å². The van der Waals surface area contributed by atoms with Gasteiger partial charge in [-0.25, -0.2) is 14.6 Å². The van der Waals surface area contributed by atoms with Gasteiger partial charge in [-0.05, 0) is 45.6 Å². The van der Waals surface area contributed by atoms with Crippen molar-refractivity contribution in [1.82, 2.24) is 30.3 Å². The monoisotopic (exact) mass is 382 g/mol. The van der Waals surface area contributed by atoms with Gasteiger partial charge in [0.25, 0.3) is 0 Å². The Balaban J connectivity index is 1.40. The molecule has 1 saturated heterocycles. The van der Waals surface area contributed by atoms with Crippen LogP contribution in [0.4, 0.5) is 0 Å². The van der Waals surface area contributed by atoms with Gasteiger partial charge in [0.1, 0.15) is 23.5 Å². The highest BCUT2D eigenvalue weighted by atomic mass is 16.6. The average molecular weight is 382 g/mol. The Hall–Kier alpha value is -3.10. The van der Waals surface area contributed by atoms with Gasteiger partial charge < -0.3 is 9.42 Å². The number of amides is 1. The molecule has 0 saturated carbocycles. The van der Waals surface area contributed by atoms with Crippen LogP contribution < -0.4 is 0 Å². The topological polar surface area (TPSA) is 111 Å². The van der Waals surface area contributed by atoms with E-state index >= 15 is 0 Å². The highest BCUT2D eigenvalue weighted by Gasteiger charge is 2.28. The number of nitrogens with zero attached hydrogens (tertiary/aromatic N) is 6. The van der Waals surface area contributed by atoms with E-state index in [0.29, 0.717) is 23.9 Å². The fourth-order valence-corrected chi connectivity index (χ4v) is 3.68. The van der Waals surface area contributed by atoms with Crippen LogP contribution in [0.3, 0.4) is 0 Å². The minimum absolute atomic E-state index is 0.0559. The van der Waals surface area contributed by atoms with Crippen molar-refractivity contribution < 1.29 is 13.9 Å². The maximum atomic E-state index is 12.5. The van der Waals surface area contributed by atoms with Gasteiger partial charge in [-0.1, -0.05) is 15.5 Å². The molecule has 3 aromatic rings. The van der Waals surface area contributed by atoms with E-state index in [9.17, 15) is 4.79 Å². The number of aryl methyl sites for hydroxylation is 3. The third kappa shape index (κ3) is 3.64. The number of likely N-dealkylation sites (tertiary alicyclic amines) is 1. The lowest BCUT2D eigenvalue weighted by Gasteiger charge is -2.16. The molecule has 1 unspecified atom stereocenters. The van der Waals surface area contributed by atoms with Crippen LogP contribution in [-0.2, 0) is 17.6 Å². The van der Waals surface area contributed by atoms with Crippen molar-refractivity contribution in [2.45, 2.75) is 40.0 Å². The maximum absolute atomic E-state index is 12.5. The fourth-order valence-electron chi connectivity index (χ4n) is 3.68. The molecule has 0 aliphatic carbocycles. The molecule has 1 fully saturated rings. The molecule has 0 aromatic carbocycles. The molecule has 1 atom stereocenters. The van der Waals surface area contributed by atoms with E-state index in [4.69, 9.17) is 4.52 Å². The summed E-state index contributed by atoms with van der Waals surface area (Å²) < 4.78 is 9.92. The first kappa shape index (κ1) is 18.3. The molecule has 28 heavy (non-hydrogen) atoms. The molecule has 4 heterocycles. The largest absolute Gasteiger partial charge is 0.361 e. The molecule has 4 rings (SSSR count). The summed E-state index contributed by atoms with van der Waals surface area (Å²) in [6.45, 7) is 7.03. The average Bonchev–Trinajstić information content (AvgIpc) is 3.37. The molecule has 1 aliphatic heterocycles. The second-order valence-corrected chi connectivity index (χ2v) is 7.27. The zero-order valence-electron chi connectivity index (χ0n) is 16.2. The molecule has 1 aliphatic rings. The normalized spacial score (nSPS) is 16.7. The van der Waals surface area contributed by atoms with Crippen molar-refractivity contribution >= 4 is 5.91 Å². The van der Waals surface area contributed by atoms with Gasteiger partial charge in [0, 0.05) is 18.8 Å². The SMILES string of the molecule is Cc1nonc1CC(=O)N1CCC(Cc2cc(-c3c(C)noc3C)ncn2)C1. The number of aromatic nitrogens is 5. The minimum Gasteiger partial charge on any atom is -0.361 e. The molecule has 1 amide bonds. The first-order valence-electron chi connectivity index (χ1n) is 9.31. The summed E-state index contributed by atoms with van der Waals surface area (Å²) in [4.78, 5) is 23.2. The lowest BCUT2D eigenvalue weighted by atomic mass is 10.0. The smallest absolute Gasteiger partial charge is 0.228 e. The van der Waals surface area contributed by atoms with E-state index in [1.54, 1.807) is 13.3 Å². The Morgan fingerprint density at radius 2 is 2.04 bits per heavy atom. The number of rotatable bonds is 5. The molecule has 0 radical (unpaired) electrons. The lowest BCUT2D eigenvalue weighted by molar-refractivity contribution is -0.129. The third-order valence-electron chi connectivity index (χ3n) is 5.21. The molecule has 3 aromatic heterocycles. The van der Waals surface area contributed by atoms with Gasteiger partial charge in [0.15, 0.2) is 0 Å². The van der Waals surface area contributed by atoms with E-state index in [1.165, 1.54) is 0 Å². The van der Waals surface area contributed by atoms with Crippen LogP contribution in [0.2, 0.25) is 0 Å². The lowest BCUT2D eigenvalue weighted by Crippen LogP contribution is -2.30. The first-order valence-corrected chi connectivity index (χ1v) is 9.31. The van der Waals surface area contributed by atoms with Gasteiger partial charge in [-0.2, -0.15) is 0 Å². The van der Waals surface area contributed by atoms with E-state index in [2.05, 4.69) is 30.1 Å². The number of hydrogen-bond donors (Lipinski definition) is 0. The zero-order chi connectivity index (χ0) is 19.7. The van der Waals surface area contributed by atoms with Gasteiger partial charge in [0.2, 0.25) is 5.91 Å². The van der Waals surface area contributed by atoms with Crippen molar-refractivity contribution in [3.63, 3.8) is 0 Å². The quantitative estimate of drug-likeness (QED) is 0.659. The molecule has 9 heteroatoms. The Morgan fingerprint density at radius 1 is 1.18 bits per heavy atom. The predicted molar refractivity (Wildman–Crippen MR) is 98.1 cm³/mol. The first-order chi connectivity index (χ1) is 13.5. The van der Waals surface area contributed by atoms with Crippen LogP contribution in [0.25, 0.3) is 11.3 Å². The van der Waals surface area contributed by atoms with Gasteiger partial charge >= 0.3 is 0 Å². The van der Waals surface area contributed by atoms with Crippen LogP contribution in [0.5, 0.6) is 0 Å². The Bertz CT molecular complexity index is 976. The third-order valence-corrected chi connectivity index (χ3v) is 5.21. The van der Waals surface area contributed by atoms with E-state index in [0.717, 1.165) is 47.8 Å². The minimum atomic E-state index is 0.0559. The second kappa shape index (κ2) is 7.49. The standard InChI is InChI=1S/C19H22N6O3/c1-11-16(24-28-23-11)8-18(26)25-5-4-14(9-25)6-15-7-17(21-10-20-15)19-12(2)22-27-13(19)3/h7,10,14H,4-6,8-9H2,1-3H3. The molecular formula is C19H22N6O3. The number of carbonyl (C=O) groups is 1. The number of carbonyl (C=O) groups excluding carboxylic acids is 1. The zero-order valence-corrected chi connectivity index (χ0v) is 16.2. The Morgan fingerprint density at radius 3 is 2.75 bits per heavy atom. The van der Waals surface area contributed by atoms with Gasteiger partial charge in [-0.3, -0.25) is 4.79 Å². The summed E-state index contributed by atoms with van der Waals surface area (Å²) in [6.07, 6.45) is 3.56. The molecule has 146 valence electrons. The molecule has 0 spiro atoms. The van der Waals surface area contributed by atoms with Crippen LogP contribution in [-0.4, -0.2) is 49.3 Å². The molecule has 9 nitrogen and oxygen atoms in total. The summed E-state index contributed by atoms with van der Waals surface area (Å²) in [5, 5.41) is 11.5. The molecule has 0 bridgehead atoms. The van der Waals surface area contributed by atoms with Crippen molar-refractivity contribution in [2.24, 2.45) is 5.92 Å². The van der Waals surface area contributed by atoms with Crippen LogP contribution in [0.1, 0.15) is 35.0 Å². The van der Waals surface area contributed by atoms with Crippen molar-refractivity contribution in [3.8, 4) is 11.3 Å². The summed E-state index contributed by atoms with van der Waals surface area (Å²) in [5.41, 5.74) is 4.79. The van der Waals surface area contributed by atoms with Gasteiger partial charge in [-0.15, -0.1) is 0 Å².